The summed E-state index contributed by atoms with van der Waals surface area (Å²) < 4.78 is 0. The van der Waals surface area contributed by atoms with Gasteiger partial charge in [0.2, 0.25) is 0 Å². The second kappa shape index (κ2) is 6.88. The fourth-order valence-electron chi connectivity index (χ4n) is 3.29. The van der Waals surface area contributed by atoms with Crippen molar-refractivity contribution in [2.75, 3.05) is 46.8 Å². The van der Waals surface area contributed by atoms with Crippen molar-refractivity contribution in [3.05, 3.63) is 0 Å². The quantitative estimate of drug-likeness (QED) is 0.744. The zero-order valence-electron chi connectivity index (χ0n) is 12.5. The fourth-order valence-corrected chi connectivity index (χ4v) is 3.29. The molecule has 106 valence electrons. The van der Waals surface area contributed by atoms with Gasteiger partial charge < -0.3 is 15.1 Å². The highest BCUT2D eigenvalue weighted by Crippen LogP contribution is 2.33. The Morgan fingerprint density at radius 3 is 2.33 bits per heavy atom. The lowest BCUT2D eigenvalue weighted by Gasteiger charge is -2.35. The number of nitrogens with zero attached hydrogens (tertiary/aromatic N) is 2. The van der Waals surface area contributed by atoms with Gasteiger partial charge in [0.25, 0.3) is 0 Å². The average molecular weight is 253 g/mol. The van der Waals surface area contributed by atoms with Crippen LogP contribution in [0.5, 0.6) is 0 Å². The molecule has 1 aliphatic heterocycles. The average Bonchev–Trinajstić information content (AvgIpc) is 3.14. The van der Waals surface area contributed by atoms with Crippen molar-refractivity contribution in [3.63, 3.8) is 0 Å². The maximum absolute atomic E-state index is 3.69. The molecule has 18 heavy (non-hydrogen) atoms. The molecule has 1 saturated heterocycles. The van der Waals surface area contributed by atoms with Gasteiger partial charge in [-0.2, -0.15) is 0 Å². The molecule has 1 aliphatic carbocycles. The van der Waals surface area contributed by atoms with E-state index in [-0.39, 0.29) is 0 Å². The molecule has 0 radical (unpaired) electrons. The molecule has 0 aromatic heterocycles. The van der Waals surface area contributed by atoms with E-state index in [1.165, 1.54) is 51.9 Å². The van der Waals surface area contributed by atoms with Crippen LogP contribution in [0.25, 0.3) is 0 Å². The minimum Gasteiger partial charge on any atom is -0.313 e. The molecule has 1 N–H and O–H groups in total. The van der Waals surface area contributed by atoms with E-state index >= 15 is 0 Å². The molecule has 0 amide bonds. The Hall–Kier alpha value is -0.120. The molecule has 0 spiro atoms. The van der Waals surface area contributed by atoms with Crippen molar-refractivity contribution in [1.82, 2.24) is 15.1 Å². The van der Waals surface area contributed by atoms with Crippen LogP contribution in [-0.4, -0.2) is 62.7 Å². The fraction of sp³-hybridized carbons (Fsp3) is 1.00. The molecule has 0 aromatic rings. The normalized spacial score (nSPS) is 24.7. The Bertz CT molecular complexity index is 230. The minimum absolute atomic E-state index is 0.764. The molecule has 3 nitrogen and oxygen atoms in total. The molecule has 1 heterocycles. The van der Waals surface area contributed by atoms with Crippen LogP contribution in [0.15, 0.2) is 0 Å². The third kappa shape index (κ3) is 4.52. The Balaban J connectivity index is 1.68. The van der Waals surface area contributed by atoms with Gasteiger partial charge >= 0.3 is 0 Å². The lowest BCUT2D eigenvalue weighted by Crippen LogP contribution is -2.46. The molecular weight excluding hydrogens is 222 g/mol. The number of nitrogens with one attached hydrogen (secondary N) is 1. The van der Waals surface area contributed by atoms with E-state index in [1.54, 1.807) is 0 Å². The first-order valence-corrected chi connectivity index (χ1v) is 7.79. The number of hydrogen-bond donors (Lipinski definition) is 1. The molecule has 1 unspecified atom stereocenters. The Labute approximate surface area is 113 Å². The van der Waals surface area contributed by atoms with Gasteiger partial charge in [0.1, 0.15) is 0 Å². The predicted octanol–water partition coefficient (Wildman–Crippen LogP) is 1.65. The smallest absolute Gasteiger partial charge is 0.0223 e. The van der Waals surface area contributed by atoms with Gasteiger partial charge in [-0.15, -0.1) is 0 Å². The van der Waals surface area contributed by atoms with Gasteiger partial charge in [-0.05, 0) is 71.2 Å². The maximum Gasteiger partial charge on any atom is 0.0223 e. The monoisotopic (exact) mass is 253 g/mol. The topological polar surface area (TPSA) is 18.5 Å². The van der Waals surface area contributed by atoms with Crippen LogP contribution in [0.2, 0.25) is 0 Å². The first-order valence-electron chi connectivity index (χ1n) is 7.79. The predicted molar refractivity (Wildman–Crippen MR) is 77.9 cm³/mol. The van der Waals surface area contributed by atoms with E-state index in [4.69, 9.17) is 0 Å². The van der Waals surface area contributed by atoms with Gasteiger partial charge in [-0.25, -0.2) is 0 Å². The lowest BCUT2D eigenvalue weighted by molar-refractivity contribution is 0.147. The second-order valence-corrected chi connectivity index (χ2v) is 6.51. The van der Waals surface area contributed by atoms with E-state index in [1.807, 2.05) is 0 Å². The van der Waals surface area contributed by atoms with Crippen molar-refractivity contribution in [3.8, 4) is 0 Å². The highest BCUT2D eigenvalue weighted by molar-refractivity contribution is 4.89. The van der Waals surface area contributed by atoms with Gasteiger partial charge in [-0.3, -0.25) is 0 Å². The van der Waals surface area contributed by atoms with Crippen molar-refractivity contribution < 1.29 is 0 Å². The van der Waals surface area contributed by atoms with Crippen LogP contribution >= 0.6 is 0 Å². The van der Waals surface area contributed by atoms with Gasteiger partial charge in [0, 0.05) is 19.1 Å². The zero-order chi connectivity index (χ0) is 13.0. The van der Waals surface area contributed by atoms with Crippen LogP contribution in [0.4, 0.5) is 0 Å². The molecule has 3 heteroatoms. The van der Waals surface area contributed by atoms with E-state index in [0.29, 0.717) is 0 Å². The summed E-state index contributed by atoms with van der Waals surface area (Å²) in [6, 6.07) is 0.764. The van der Waals surface area contributed by atoms with Crippen molar-refractivity contribution >= 4 is 0 Å². The number of rotatable bonds is 7. The van der Waals surface area contributed by atoms with Crippen LogP contribution in [0, 0.1) is 11.8 Å². The summed E-state index contributed by atoms with van der Waals surface area (Å²) in [7, 11) is 4.39. The molecule has 2 rings (SSSR count). The van der Waals surface area contributed by atoms with E-state index in [9.17, 15) is 0 Å². The number of likely N-dealkylation sites (N-methyl/N-ethyl adjacent to an activating group) is 1. The molecule has 1 saturated carbocycles. The van der Waals surface area contributed by atoms with Crippen molar-refractivity contribution in [2.24, 2.45) is 11.8 Å². The van der Waals surface area contributed by atoms with Gasteiger partial charge in [0.15, 0.2) is 0 Å². The summed E-state index contributed by atoms with van der Waals surface area (Å²) in [5.41, 5.74) is 0. The molecule has 0 aromatic carbocycles. The largest absolute Gasteiger partial charge is 0.313 e. The van der Waals surface area contributed by atoms with E-state index in [2.05, 4.69) is 36.1 Å². The van der Waals surface area contributed by atoms with Crippen molar-refractivity contribution in [1.29, 1.82) is 0 Å². The Kier molecular flexibility index (Phi) is 5.46. The third-order valence-electron chi connectivity index (χ3n) is 4.44. The lowest BCUT2D eigenvalue weighted by atomic mass is 9.96. The maximum atomic E-state index is 3.69. The van der Waals surface area contributed by atoms with Crippen LogP contribution in [0.3, 0.4) is 0 Å². The van der Waals surface area contributed by atoms with Crippen LogP contribution in [0.1, 0.15) is 32.6 Å². The summed E-state index contributed by atoms with van der Waals surface area (Å²) >= 11 is 0. The highest BCUT2D eigenvalue weighted by Gasteiger charge is 2.32. The molecular formula is C15H31N3. The molecule has 1 atom stereocenters. The summed E-state index contributed by atoms with van der Waals surface area (Å²) in [6.07, 6.45) is 5.69. The standard InChI is InChI=1S/C15H31N3/c1-4-16-15(14-5-6-14)12-18-9-7-13(8-10-18)11-17(2)3/h13-16H,4-12H2,1-3H3. The summed E-state index contributed by atoms with van der Waals surface area (Å²) in [6.45, 7) is 8.54. The van der Waals surface area contributed by atoms with E-state index in [0.717, 1.165) is 24.4 Å². The molecule has 2 aliphatic rings. The molecule has 2 fully saturated rings. The first-order chi connectivity index (χ1) is 8.69. The number of hydrogen-bond acceptors (Lipinski definition) is 3. The molecule has 0 bridgehead atoms. The van der Waals surface area contributed by atoms with Crippen molar-refractivity contribution in [2.45, 2.75) is 38.6 Å². The number of likely N-dealkylation sites (tertiary alicyclic amines) is 1. The van der Waals surface area contributed by atoms with Crippen LogP contribution < -0.4 is 5.32 Å². The Morgan fingerprint density at radius 2 is 1.83 bits per heavy atom. The summed E-state index contributed by atoms with van der Waals surface area (Å²) in [4.78, 5) is 5.03. The third-order valence-corrected chi connectivity index (χ3v) is 4.44. The second-order valence-electron chi connectivity index (χ2n) is 6.51. The highest BCUT2D eigenvalue weighted by atomic mass is 15.2. The van der Waals surface area contributed by atoms with Gasteiger partial charge in [-0.1, -0.05) is 6.92 Å². The first kappa shape index (κ1) is 14.3. The minimum atomic E-state index is 0.764. The summed E-state index contributed by atoms with van der Waals surface area (Å²) in [5, 5.41) is 3.69. The van der Waals surface area contributed by atoms with E-state index < -0.39 is 0 Å². The van der Waals surface area contributed by atoms with Crippen LogP contribution in [-0.2, 0) is 0 Å². The zero-order valence-corrected chi connectivity index (χ0v) is 12.5. The SMILES string of the molecule is CCNC(CN1CCC(CN(C)C)CC1)C1CC1. The number of piperidine rings is 1. The van der Waals surface area contributed by atoms with Gasteiger partial charge in [0.05, 0.1) is 0 Å². The Morgan fingerprint density at radius 1 is 1.17 bits per heavy atom. The summed E-state index contributed by atoms with van der Waals surface area (Å²) in [5.74, 6) is 1.90.